The Morgan fingerprint density at radius 2 is 1.38 bits per heavy atom. The number of aryl methyl sites for hydroxylation is 2. The van der Waals surface area contributed by atoms with Gasteiger partial charge in [0.2, 0.25) is 0 Å². The largest absolute Gasteiger partial charge is 0.496 e. The molecule has 0 amide bonds. The normalized spacial score (nSPS) is 9.67. The van der Waals surface area contributed by atoms with E-state index in [1.165, 1.54) is 0 Å². The molecule has 0 unspecified atom stereocenters. The van der Waals surface area contributed by atoms with Gasteiger partial charge in [0, 0.05) is 28.0 Å². The molecular weight excluding hydrogens is 434 g/mol. The van der Waals surface area contributed by atoms with Crippen molar-refractivity contribution in [3.8, 4) is 5.75 Å². The van der Waals surface area contributed by atoms with Crippen LogP contribution in [0.2, 0.25) is 0 Å². The third kappa shape index (κ3) is 5.76. The molecular formula is C17H22BrCl3N2O. The zero-order valence-corrected chi connectivity index (χ0v) is 18.3. The van der Waals surface area contributed by atoms with E-state index in [9.17, 15) is 0 Å². The number of halogens is 4. The molecule has 2 aromatic rings. The molecule has 0 saturated heterocycles. The smallest absolute Gasteiger partial charge is 0.128 e. The standard InChI is InChI=1S/C9H12ClNO.C8H9BrClN.ClH/c1-6-5-11-8(4-10)7(2)9(6)12-3;1-5-4-11-7(3-10)6(2)8(5)9;/h5H,4H2,1-3H3;4H,3H2,1-2H3;1H. The molecule has 0 aliphatic carbocycles. The molecule has 24 heavy (non-hydrogen) atoms. The topological polar surface area (TPSA) is 35.0 Å². The van der Waals surface area contributed by atoms with E-state index >= 15 is 0 Å². The first-order chi connectivity index (χ1) is 10.9. The molecule has 0 bridgehead atoms. The fourth-order valence-electron chi connectivity index (χ4n) is 2.09. The molecule has 2 heterocycles. The number of rotatable bonds is 3. The van der Waals surface area contributed by atoms with Gasteiger partial charge in [0.15, 0.2) is 0 Å². The average Bonchev–Trinajstić information content (AvgIpc) is 2.54. The molecule has 7 heteroatoms. The Labute approximate surface area is 168 Å². The van der Waals surface area contributed by atoms with Crippen molar-refractivity contribution in [1.29, 1.82) is 0 Å². The van der Waals surface area contributed by atoms with Crippen molar-refractivity contribution in [3.05, 3.63) is 50.5 Å². The van der Waals surface area contributed by atoms with Crippen molar-refractivity contribution < 1.29 is 4.74 Å². The Bertz CT molecular complexity index is 681. The van der Waals surface area contributed by atoms with Gasteiger partial charge in [0.05, 0.1) is 30.3 Å². The molecule has 2 rings (SSSR count). The number of alkyl halides is 2. The fourth-order valence-corrected chi connectivity index (χ4v) is 2.96. The van der Waals surface area contributed by atoms with E-state index in [1.807, 2.05) is 33.9 Å². The van der Waals surface area contributed by atoms with Gasteiger partial charge in [-0.05, 0) is 38.8 Å². The second-order valence-electron chi connectivity index (χ2n) is 5.14. The minimum Gasteiger partial charge on any atom is -0.496 e. The van der Waals surface area contributed by atoms with Crippen LogP contribution in [0.15, 0.2) is 16.9 Å². The van der Waals surface area contributed by atoms with Crippen LogP contribution >= 0.6 is 51.5 Å². The van der Waals surface area contributed by atoms with Crippen molar-refractivity contribution in [2.75, 3.05) is 7.11 Å². The fraction of sp³-hybridized carbons (Fsp3) is 0.412. The minimum absolute atomic E-state index is 0. The molecule has 0 aliphatic rings. The van der Waals surface area contributed by atoms with Crippen LogP contribution in [-0.4, -0.2) is 17.1 Å². The highest BCUT2D eigenvalue weighted by Crippen LogP contribution is 2.24. The zero-order chi connectivity index (χ0) is 17.6. The Morgan fingerprint density at radius 1 is 0.917 bits per heavy atom. The summed E-state index contributed by atoms with van der Waals surface area (Å²) in [5.74, 6) is 1.80. The lowest BCUT2D eigenvalue weighted by molar-refractivity contribution is 0.407. The zero-order valence-electron chi connectivity index (χ0n) is 14.4. The summed E-state index contributed by atoms with van der Waals surface area (Å²) in [4.78, 5) is 8.39. The van der Waals surface area contributed by atoms with Gasteiger partial charge in [-0.1, -0.05) is 15.9 Å². The van der Waals surface area contributed by atoms with Crippen LogP contribution in [0, 0.1) is 27.7 Å². The summed E-state index contributed by atoms with van der Waals surface area (Å²) >= 11 is 14.8. The van der Waals surface area contributed by atoms with E-state index in [2.05, 4.69) is 25.9 Å². The highest BCUT2D eigenvalue weighted by molar-refractivity contribution is 9.10. The van der Waals surface area contributed by atoms with Gasteiger partial charge in [-0.2, -0.15) is 0 Å². The monoisotopic (exact) mass is 454 g/mol. The first-order valence-electron chi connectivity index (χ1n) is 7.08. The van der Waals surface area contributed by atoms with Gasteiger partial charge < -0.3 is 4.74 Å². The van der Waals surface area contributed by atoms with Crippen molar-refractivity contribution in [2.45, 2.75) is 39.5 Å². The maximum absolute atomic E-state index is 5.70. The summed E-state index contributed by atoms with van der Waals surface area (Å²) in [6.45, 7) is 7.97. The second kappa shape index (κ2) is 11.1. The van der Waals surface area contributed by atoms with Gasteiger partial charge in [0.1, 0.15) is 5.75 Å². The Hall–Kier alpha value is -0.550. The Balaban J connectivity index is 0.000000425. The highest BCUT2D eigenvalue weighted by Gasteiger charge is 2.07. The summed E-state index contributed by atoms with van der Waals surface area (Å²) in [6.07, 6.45) is 3.61. The molecule has 0 fully saturated rings. The van der Waals surface area contributed by atoms with Gasteiger partial charge in [-0.15, -0.1) is 35.6 Å². The maximum atomic E-state index is 5.70. The van der Waals surface area contributed by atoms with Crippen LogP contribution in [0.5, 0.6) is 5.75 Å². The van der Waals surface area contributed by atoms with Crippen molar-refractivity contribution in [1.82, 2.24) is 9.97 Å². The lowest BCUT2D eigenvalue weighted by Crippen LogP contribution is -1.97. The number of pyridine rings is 2. The number of aromatic nitrogens is 2. The van der Waals surface area contributed by atoms with Crippen molar-refractivity contribution in [3.63, 3.8) is 0 Å². The third-order valence-electron chi connectivity index (χ3n) is 3.53. The maximum Gasteiger partial charge on any atom is 0.128 e. The van der Waals surface area contributed by atoms with Crippen LogP contribution < -0.4 is 4.74 Å². The molecule has 0 atom stereocenters. The highest BCUT2D eigenvalue weighted by atomic mass is 79.9. The van der Waals surface area contributed by atoms with Gasteiger partial charge >= 0.3 is 0 Å². The Morgan fingerprint density at radius 3 is 1.83 bits per heavy atom. The van der Waals surface area contributed by atoms with Gasteiger partial charge in [0.25, 0.3) is 0 Å². The summed E-state index contributed by atoms with van der Waals surface area (Å²) in [6, 6.07) is 0. The molecule has 0 aliphatic heterocycles. The SMILES string of the molecule is COc1c(C)cnc(CCl)c1C.Cc1cnc(CCl)c(C)c1Br.Cl. The molecule has 0 aromatic carbocycles. The molecule has 0 saturated carbocycles. The van der Waals surface area contributed by atoms with E-state index in [0.29, 0.717) is 11.8 Å². The number of methoxy groups -OCH3 is 1. The molecule has 0 N–H and O–H groups in total. The number of ether oxygens (including phenoxy) is 1. The van der Waals surface area contributed by atoms with E-state index in [0.717, 1.165) is 43.9 Å². The summed E-state index contributed by atoms with van der Waals surface area (Å²) in [7, 11) is 1.66. The number of hydrogen-bond acceptors (Lipinski definition) is 3. The first-order valence-corrected chi connectivity index (χ1v) is 8.95. The molecule has 134 valence electrons. The van der Waals surface area contributed by atoms with Crippen LogP contribution in [0.4, 0.5) is 0 Å². The van der Waals surface area contributed by atoms with E-state index in [4.69, 9.17) is 27.9 Å². The lowest BCUT2D eigenvalue weighted by atomic mass is 10.1. The molecule has 2 aromatic heterocycles. The minimum atomic E-state index is 0. The van der Waals surface area contributed by atoms with E-state index in [-0.39, 0.29) is 12.4 Å². The summed E-state index contributed by atoms with van der Waals surface area (Å²) in [5, 5.41) is 0. The first kappa shape index (κ1) is 23.4. The van der Waals surface area contributed by atoms with Gasteiger partial charge in [-0.25, -0.2) is 0 Å². The second-order valence-corrected chi connectivity index (χ2v) is 6.47. The van der Waals surface area contributed by atoms with Crippen molar-refractivity contribution in [2.24, 2.45) is 0 Å². The van der Waals surface area contributed by atoms with E-state index in [1.54, 1.807) is 13.3 Å². The molecule has 0 spiro atoms. The predicted molar refractivity (Wildman–Crippen MR) is 108 cm³/mol. The third-order valence-corrected chi connectivity index (χ3v) is 5.25. The predicted octanol–water partition coefficient (Wildman–Crippen LogP) is 6.07. The van der Waals surface area contributed by atoms with Crippen LogP contribution in [0.25, 0.3) is 0 Å². The van der Waals surface area contributed by atoms with Crippen LogP contribution in [0.1, 0.15) is 33.6 Å². The van der Waals surface area contributed by atoms with Crippen molar-refractivity contribution >= 4 is 51.5 Å². The summed E-state index contributed by atoms with van der Waals surface area (Å²) in [5.41, 5.74) is 6.20. The lowest BCUT2D eigenvalue weighted by Gasteiger charge is -2.09. The van der Waals surface area contributed by atoms with E-state index < -0.39 is 0 Å². The van der Waals surface area contributed by atoms with Gasteiger partial charge in [-0.3, -0.25) is 9.97 Å². The van der Waals surface area contributed by atoms with Crippen LogP contribution in [-0.2, 0) is 11.8 Å². The molecule has 3 nitrogen and oxygen atoms in total. The summed E-state index contributed by atoms with van der Waals surface area (Å²) < 4.78 is 6.33. The quantitative estimate of drug-likeness (QED) is 0.526. The molecule has 0 radical (unpaired) electrons. The Kier molecular flexibility index (Phi) is 10.9. The number of hydrogen-bond donors (Lipinski definition) is 0. The average molecular weight is 457 g/mol. The van der Waals surface area contributed by atoms with Crippen LogP contribution in [0.3, 0.4) is 0 Å². The number of nitrogens with zero attached hydrogens (tertiary/aromatic N) is 2.